The first-order valence-corrected chi connectivity index (χ1v) is 7.91. The molecular formula is C17H9N3O2S. The van der Waals surface area contributed by atoms with E-state index < -0.39 is 0 Å². The van der Waals surface area contributed by atoms with Crippen LogP contribution in [0.2, 0.25) is 0 Å². The van der Waals surface area contributed by atoms with E-state index in [1.807, 2.05) is 48.5 Å². The van der Waals surface area contributed by atoms with Crippen molar-refractivity contribution in [2.75, 3.05) is 5.32 Å². The quantitative estimate of drug-likeness (QED) is 0.537. The van der Waals surface area contributed by atoms with E-state index in [-0.39, 0.29) is 11.5 Å². The Bertz CT molecular complexity index is 1240. The molecule has 4 aromatic rings. The van der Waals surface area contributed by atoms with Crippen LogP contribution in [0.1, 0.15) is 5.56 Å². The normalized spacial score (nSPS) is 16.1. The standard InChI is InChI=1S/C17H9N3O2S/c21-15-13(9-5-1-2-6-10(9)18-15)14-16(22)20-12-8-4-3-7-11(12)19-17(20)23-14/h1-8H,(H,18,21)/b14-13+. The number of nitrogens with zero attached hydrogens (tertiary/aromatic N) is 2. The molecule has 6 heteroatoms. The van der Waals surface area contributed by atoms with Gasteiger partial charge in [0, 0.05) is 11.3 Å². The Labute approximate surface area is 133 Å². The number of aromatic nitrogens is 2. The average molecular weight is 319 g/mol. The van der Waals surface area contributed by atoms with Crippen LogP contribution in [0.25, 0.3) is 21.6 Å². The first-order chi connectivity index (χ1) is 11.2. The van der Waals surface area contributed by atoms with E-state index >= 15 is 0 Å². The summed E-state index contributed by atoms with van der Waals surface area (Å²) in [5, 5.41) is 2.81. The smallest absolute Gasteiger partial charge is 0.275 e. The topological polar surface area (TPSA) is 63.5 Å². The number of para-hydroxylation sites is 3. The zero-order valence-electron chi connectivity index (χ0n) is 11.7. The molecule has 0 saturated carbocycles. The van der Waals surface area contributed by atoms with Crippen molar-refractivity contribution in [2.45, 2.75) is 0 Å². The summed E-state index contributed by atoms with van der Waals surface area (Å²) in [7, 11) is 0. The van der Waals surface area contributed by atoms with Crippen molar-refractivity contribution in [1.29, 1.82) is 0 Å². The minimum absolute atomic E-state index is 0.194. The molecule has 0 aliphatic carbocycles. The molecule has 0 bridgehead atoms. The van der Waals surface area contributed by atoms with Crippen LogP contribution in [0.4, 0.5) is 5.69 Å². The second kappa shape index (κ2) is 4.27. The highest BCUT2D eigenvalue weighted by atomic mass is 32.1. The van der Waals surface area contributed by atoms with Gasteiger partial charge in [0.05, 0.1) is 16.6 Å². The van der Waals surface area contributed by atoms with Gasteiger partial charge in [0.2, 0.25) is 0 Å². The summed E-state index contributed by atoms with van der Waals surface area (Å²) in [5.74, 6) is -0.239. The fraction of sp³-hybridized carbons (Fsp3) is 0. The summed E-state index contributed by atoms with van der Waals surface area (Å²) in [4.78, 5) is 30.3. The van der Waals surface area contributed by atoms with Crippen molar-refractivity contribution in [3.8, 4) is 0 Å². The summed E-state index contributed by atoms with van der Waals surface area (Å²) < 4.78 is 2.01. The van der Waals surface area contributed by atoms with Crippen LogP contribution in [-0.2, 0) is 4.79 Å². The molecule has 1 aliphatic rings. The molecule has 0 saturated heterocycles. The van der Waals surface area contributed by atoms with Gasteiger partial charge in [-0.1, -0.05) is 41.7 Å². The molecule has 5 rings (SSSR count). The van der Waals surface area contributed by atoms with E-state index in [9.17, 15) is 9.59 Å². The average Bonchev–Trinajstić information content (AvgIpc) is 3.17. The summed E-state index contributed by atoms with van der Waals surface area (Å²) >= 11 is 1.26. The summed E-state index contributed by atoms with van der Waals surface area (Å²) in [6, 6.07) is 14.9. The van der Waals surface area contributed by atoms with Crippen LogP contribution in [0.15, 0.2) is 53.3 Å². The lowest BCUT2D eigenvalue weighted by molar-refractivity contribution is -0.110. The Balaban J connectivity index is 1.97. The Morgan fingerprint density at radius 1 is 1.00 bits per heavy atom. The first kappa shape index (κ1) is 12.5. The maximum Gasteiger partial charge on any atom is 0.275 e. The van der Waals surface area contributed by atoms with E-state index in [4.69, 9.17) is 0 Å². The molecule has 1 amide bonds. The number of fused-ring (bicyclic) bond motifs is 4. The largest absolute Gasteiger partial charge is 0.321 e. The number of anilines is 1. The molecule has 2 aromatic carbocycles. The molecule has 23 heavy (non-hydrogen) atoms. The van der Waals surface area contributed by atoms with E-state index in [1.54, 1.807) is 4.40 Å². The third-order valence-electron chi connectivity index (χ3n) is 4.02. The van der Waals surface area contributed by atoms with Gasteiger partial charge in [-0.25, -0.2) is 9.38 Å². The Kier molecular flexibility index (Phi) is 2.33. The van der Waals surface area contributed by atoms with Crippen molar-refractivity contribution in [3.05, 3.63) is 69.0 Å². The predicted octanol–water partition coefficient (Wildman–Crippen LogP) is 1.78. The molecule has 5 nitrogen and oxygen atoms in total. The molecule has 0 radical (unpaired) electrons. The highest BCUT2D eigenvalue weighted by Crippen LogP contribution is 2.29. The van der Waals surface area contributed by atoms with Crippen LogP contribution in [0, 0.1) is 0 Å². The second-order valence-electron chi connectivity index (χ2n) is 5.33. The van der Waals surface area contributed by atoms with E-state index in [0.29, 0.717) is 15.1 Å². The van der Waals surface area contributed by atoms with Crippen LogP contribution in [0.3, 0.4) is 0 Å². The lowest BCUT2D eigenvalue weighted by atomic mass is 10.1. The number of thiazole rings is 1. The molecule has 3 heterocycles. The van der Waals surface area contributed by atoms with Crippen LogP contribution >= 0.6 is 11.3 Å². The Morgan fingerprint density at radius 2 is 1.78 bits per heavy atom. The molecule has 0 unspecified atom stereocenters. The lowest BCUT2D eigenvalue weighted by Gasteiger charge is -1.94. The Hall–Kier alpha value is -2.99. The third kappa shape index (κ3) is 1.58. The predicted molar refractivity (Wildman–Crippen MR) is 89.6 cm³/mol. The number of hydrogen-bond donors (Lipinski definition) is 1. The number of nitrogens with one attached hydrogen (secondary N) is 1. The molecule has 0 atom stereocenters. The monoisotopic (exact) mass is 319 g/mol. The number of hydrogen-bond acceptors (Lipinski definition) is 4. The second-order valence-corrected chi connectivity index (χ2v) is 6.31. The molecule has 1 N–H and O–H groups in total. The highest BCUT2D eigenvalue weighted by molar-refractivity contribution is 7.15. The number of amides is 1. The number of imidazole rings is 1. The van der Waals surface area contributed by atoms with Crippen molar-refractivity contribution >= 4 is 44.5 Å². The number of benzene rings is 2. The molecule has 2 aromatic heterocycles. The van der Waals surface area contributed by atoms with Gasteiger partial charge in [-0.3, -0.25) is 9.59 Å². The van der Waals surface area contributed by atoms with E-state index in [2.05, 4.69) is 10.3 Å². The van der Waals surface area contributed by atoms with Crippen LogP contribution in [0.5, 0.6) is 0 Å². The van der Waals surface area contributed by atoms with Gasteiger partial charge in [-0.05, 0) is 18.2 Å². The molecule has 110 valence electrons. The van der Waals surface area contributed by atoms with E-state index in [0.717, 1.165) is 22.3 Å². The minimum atomic E-state index is -0.239. The molecule has 1 aliphatic heterocycles. The summed E-state index contributed by atoms with van der Waals surface area (Å²) in [6.45, 7) is 0. The SMILES string of the molecule is O=C1Nc2ccccc2/C1=c1\sc2nc3ccccc3n2c1=O. The van der Waals surface area contributed by atoms with Gasteiger partial charge in [0.15, 0.2) is 4.96 Å². The van der Waals surface area contributed by atoms with Crippen molar-refractivity contribution in [3.63, 3.8) is 0 Å². The van der Waals surface area contributed by atoms with Gasteiger partial charge in [0.25, 0.3) is 11.5 Å². The minimum Gasteiger partial charge on any atom is -0.321 e. The van der Waals surface area contributed by atoms with Gasteiger partial charge >= 0.3 is 0 Å². The van der Waals surface area contributed by atoms with Crippen molar-refractivity contribution in [1.82, 2.24) is 9.38 Å². The Morgan fingerprint density at radius 3 is 2.70 bits per heavy atom. The van der Waals surface area contributed by atoms with Gasteiger partial charge in [-0.15, -0.1) is 0 Å². The maximum absolute atomic E-state index is 12.9. The third-order valence-corrected chi connectivity index (χ3v) is 5.06. The number of carbonyl (C=O) groups is 1. The fourth-order valence-corrected chi connectivity index (χ4v) is 4.09. The summed E-state index contributed by atoms with van der Waals surface area (Å²) in [5.41, 5.74) is 3.29. The van der Waals surface area contributed by atoms with Crippen LogP contribution in [-0.4, -0.2) is 15.3 Å². The molecule has 0 spiro atoms. The first-order valence-electron chi connectivity index (χ1n) is 7.09. The zero-order valence-corrected chi connectivity index (χ0v) is 12.6. The zero-order chi connectivity index (χ0) is 15.6. The van der Waals surface area contributed by atoms with Gasteiger partial charge in [-0.2, -0.15) is 0 Å². The van der Waals surface area contributed by atoms with E-state index in [1.165, 1.54) is 11.3 Å². The van der Waals surface area contributed by atoms with Crippen LogP contribution < -0.4 is 15.4 Å². The highest BCUT2D eigenvalue weighted by Gasteiger charge is 2.27. The maximum atomic E-state index is 12.9. The van der Waals surface area contributed by atoms with Gasteiger partial charge in [0.1, 0.15) is 4.53 Å². The van der Waals surface area contributed by atoms with Crippen molar-refractivity contribution in [2.24, 2.45) is 0 Å². The fourth-order valence-electron chi connectivity index (χ4n) is 3.01. The summed E-state index contributed by atoms with van der Waals surface area (Å²) in [6.07, 6.45) is 0. The number of carbonyl (C=O) groups excluding carboxylic acids is 1. The van der Waals surface area contributed by atoms with Gasteiger partial charge < -0.3 is 5.32 Å². The van der Waals surface area contributed by atoms with Crippen molar-refractivity contribution < 1.29 is 4.79 Å². The number of rotatable bonds is 0. The molecular weight excluding hydrogens is 310 g/mol. The lowest BCUT2D eigenvalue weighted by Crippen LogP contribution is -2.27. The molecule has 0 fully saturated rings.